The van der Waals surface area contributed by atoms with Crippen LogP contribution in [0.2, 0.25) is 0 Å². The molecular formula is C38H28N4OS. The summed E-state index contributed by atoms with van der Waals surface area (Å²) in [5.41, 5.74) is 7.05. The molecule has 0 atom stereocenters. The van der Waals surface area contributed by atoms with Gasteiger partial charge in [0.15, 0.2) is 0 Å². The van der Waals surface area contributed by atoms with Crippen LogP contribution in [0, 0.1) is 6.92 Å². The number of anilines is 1. The van der Waals surface area contributed by atoms with Crippen LogP contribution in [0.15, 0.2) is 146 Å². The van der Waals surface area contributed by atoms with Crippen molar-refractivity contribution in [3.05, 3.63) is 157 Å². The van der Waals surface area contributed by atoms with Gasteiger partial charge >= 0.3 is 0 Å². The third-order valence-electron chi connectivity index (χ3n) is 7.38. The number of benzene rings is 5. The Kier molecular flexibility index (Phi) is 7.41. The predicted octanol–water partition coefficient (Wildman–Crippen LogP) is 9.56. The smallest absolute Gasteiger partial charge is 0.256 e. The van der Waals surface area contributed by atoms with Gasteiger partial charge in [0.25, 0.3) is 5.91 Å². The third kappa shape index (κ3) is 5.35. The average molecular weight is 589 g/mol. The molecule has 1 amide bonds. The second kappa shape index (κ2) is 12.0. The van der Waals surface area contributed by atoms with E-state index in [1.807, 2.05) is 97.1 Å². The van der Waals surface area contributed by atoms with Crippen molar-refractivity contribution in [1.29, 1.82) is 0 Å². The zero-order valence-electron chi connectivity index (χ0n) is 24.0. The summed E-state index contributed by atoms with van der Waals surface area (Å²) >= 11 is 1.58. The van der Waals surface area contributed by atoms with Crippen molar-refractivity contribution in [2.24, 2.45) is 0 Å². The third-order valence-corrected chi connectivity index (χ3v) is 8.47. The molecule has 5 nitrogen and oxygen atoms in total. The van der Waals surface area contributed by atoms with Gasteiger partial charge in [-0.3, -0.25) is 9.36 Å². The number of hydrogen-bond acceptors (Lipinski definition) is 4. The highest BCUT2D eigenvalue weighted by Gasteiger charge is 2.27. The number of thiazole rings is 1. The molecule has 2 heterocycles. The Bertz CT molecular complexity index is 2030. The van der Waals surface area contributed by atoms with E-state index in [0.717, 1.165) is 43.5 Å². The van der Waals surface area contributed by atoms with E-state index in [0.29, 0.717) is 22.9 Å². The molecule has 44 heavy (non-hydrogen) atoms. The number of amides is 1. The Morgan fingerprint density at radius 3 is 1.70 bits per heavy atom. The summed E-state index contributed by atoms with van der Waals surface area (Å²) in [6.07, 6.45) is 0. The highest BCUT2D eigenvalue weighted by Crippen LogP contribution is 2.43. The maximum absolute atomic E-state index is 13.8. The lowest BCUT2D eigenvalue weighted by atomic mass is 10.1. The minimum Gasteiger partial charge on any atom is -0.306 e. The van der Waals surface area contributed by atoms with Crippen LogP contribution in [0.1, 0.15) is 15.9 Å². The molecule has 6 heteroatoms. The molecule has 0 saturated heterocycles. The van der Waals surface area contributed by atoms with Crippen molar-refractivity contribution in [2.75, 3.05) is 5.32 Å². The molecule has 5 aromatic carbocycles. The fourth-order valence-corrected chi connectivity index (χ4v) is 6.25. The first-order valence-electron chi connectivity index (χ1n) is 14.4. The lowest BCUT2D eigenvalue weighted by molar-refractivity contribution is 0.102. The largest absolute Gasteiger partial charge is 0.306 e. The Hall–Kier alpha value is -5.59. The van der Waals surface area contributed by atoms with Gasteiger partial charge in [0.1, 0.15) is 33.0 Å². The molecule has 0 radical (unpaired) electrons. The summed E-state index contributed by atoms with van der Waals surface area (Å²) < 4.78 is 2.07. The van der Waals surface area contributed by atoms with Crippen molar-refractivity contribution < 1.29 is 4.79 Å². The minimum atomic E-state index is -0.214. The second-order valence-corrected chi connectivity index (χ2v) is 11.4. The number of carbonyl (C=O) groups is 1. The molecule has 0 unspecified atom stereocenters. The van der Waals surface area contributed by atoms with Crippen molar-refractivity contribution in [1.82, 2.24) is 14.5 Å². The van der Waals surface area contributed by atoms with Gasteiger partial charge in [0.2, 0.25) is 0 Å². The number of hydrogen-bond donors (Lipinski definition) is 1. The van der Waals surface area contributed by atoms with Crippen molar-refractivity contribution in [3.8, 4) is 49.5 Å². The van der Waals surface area contributed by atoms with E-state index < -0.39 is 0 Å². The highest BCUT2D eigenvalue weighted by molar-refractivity contribution is 7.18. The van der Waals surface area contributed by atoms with Crippen LogP contribution in [-0.4, -0.2) is 20.4 Å². The highest BCUT2D eigenvalue weighted by atomic mass is 32.1. The van der Waals surface area contributed by atoms with Crippen molar-refractivity contribution in [3.63, 3.8) is 0 Å². The Morgan fingerprint density at radius 2 is 1.11 bits per heavy atom. The normalized spacial score (nSPS) is 10.9. The molecule has 7 rings (SSSR count). The van der Waals surface area contributed by atoms with Gasteiger partial charge in [0, 0.05) is 27.8 Å². The number of imidazole rings is 1. The first-order chi connectivity index (χ1) is 21.7. The fraction of sp³-hybridized carbons (Fsp3) is 0.0263. The van der Waals surface area contributed by atoms with Crippen LogP contribution in [0.25, 0.3) is 49.5 Å². The number of nitrogens with zero attached hydrogens (tertiary/aromatic N) is 3. The molecule has 0 saturated carbocycles. The standard InChI is InChI=1S/C38H28N4OS/c1-26-22-24-29(25-23-26)34-39-32(27-14-6-2-7-15-27)35(41-36(43)30-18-10-4-11-19-30)42(34)38-33(28-16-8-3-9-17-28)40-37(44-38)31-20-12-5-13-21-31/h2-25H,1H3,(H,41,43). The van der Waals surface area contributed by atoms with Gasteiger partial charge in [-0.25, -0.2) is 9.97 Å². The zero-order chi connectivity index (χ0) is 29.9. The van der Waals surface area contributed by atoms with Gasteiger partial charge in [0.05, 0.1) is 0 Å². The lowest BCUT2D eigenvalue weighted by Crippen LogP contribution is -2.15. The summed E-state index contributed by atoms with van der Waals surface area (Å²) in [6, 6.07) is 47.9. The fourth-order valence-electron chi connectivity index (χ4n) is 5.15. The molecule has 0 fully saturated rings. The van der Waals surface area contributed by atoms with Gasteiger partial charge in [-0.2, -0.15) is 0 Å². The summed E-state index contributed by atoms with van der Waals surface area (Å²) in [6.45, 7) is 2.07. The van der Waals surface area contributed by atoms with Crippen molar-refractivity contribution in [2.45, 2.75) is 6.92 Å². The predicted molar refractivity (Wildman–Crippen MR) is 180 cm³/mol. The number of aromatic nitrogens is 3. The summed E-state index contributed by atoms with van der Waals surface area (Å²) in [5.74, 6) is 1.09. The van der Waals surface area contributed by atoms with E-state index in [4.69, 9.17) is 9.97 Å². The van der Waals surface area contributed by atoms with E-state index in [1.165, 1.54) is 0 Å². The van der Waals surface area contributed by atoms with Crippen LogP contribution < -0.4 is 5.32 Å². The molecular weight excluding hydrogens is 561 g/mol. The Morgan fingerprint density at radius 1 is 0.591 bits per heavy atom. The maximum Gasteiger partial charge on any atom is 0.256 e. The number of nitrogens with one attached hydrogen (secondary N) is 1. The van der Waals surface area contributed by atoms with Gasteiger partial charge in [-0.15, -0.1) is 0 Å². The number of rotatable bonds is 7. The zero-order valence-corrected chi connectivity index (χ0v) is 24.8. The molecule has 0 spiro atoms. The van der Waals surface area contributed by atoms with E-state index in [2.05, 4.69) is 65.3 Å². The van der Waals surface area contributed by atoms with Crippen LogP contribution in [0.3, 0.4) is 0 Å². The van der Waals surface area contributed by atoms with E-state index in [1.54, 1.807) is 11.3 Å². The number of aryl methyl sites for hydroxylation is 1. The summed E-state index contributed by atoms with van der Waals surface area (Å²) in [4.78, 5) is 24.2. The molecule has 212 valence electrons. The molecule has 0 aliphatic carbocycles. The van der Waals surface area contributed by atoms with Gasteiger partial charge < -0.3 is 5.32 Å². The summed E-state index contributed by atoms with van der Waals surface area (Å²) in [5, 5.41) is 5.01. The topological polar surface area (TPSA) is 59.8 Å². The first-order valence-corrected chi connectivity index (χ1v) is 15.2. The molecule has 0 bridgehead atoms. The second-order valence-electron chi connectivity index (χ2n) is 10.4. The first kappa shape index (κ1) is 27.3. The van der Waals surface area contributed by atoms with Crippen LogP contribution in [0.4, 0.5) is 5.82 Å². The quantitative estimate of drug-likeness (QED) is 0.202. The monoisotopic (exact) mass is 588 g/mol. The Labute approximate surface area is 260 Å². The van der Waals surface area contributed by atoms with Crippen LogP contribution in [-0.2, 0) is 0 Å². The van der Waals surface area contributed by atoms with Gasteiger partial charge in [-0.05, 0) is 19.1 Å². The lowest BCUT2D eigenvalue weighted by Gasteiger charge is -2.14. The van der Waals surface area contributed by atoms with Crippen molar-refractivity contribution >= 4 is 23.1 Å². The molecule has 7 aromatic rings. The van der Waals surface area contributed by atoms with E-state index in [-0.39, 0.29) is 5.91 Å². The minimum absolute atomic E-state index is 0.214. The summed E-state index contributed by atoms with van der Waals surface area (Å²) in [7, 11) is 0. The Balaban J connectivity index is 1.54. The molecule has 0 aliphatic heterocycles. The van der Waals surface area contributed by atoms with E-state index in [9.17, 15) is 4.79 Å². The van der Waals surface area contributed by atoms with Gasteiger partial charge in [-0.1, -0.05) is 150 Å². The molecule has 2 aromatic heterocycles. The maximum atomic E-state index is 13.8. The SMILES string of the molecule is Cc1ccc(-c2nc(-c3ccccc3)c(NC(=O)c3ccccc3)n2-c2sc(-c3ccccc3)nc2-c2ccccc2)cc1. The molecule has 1 N–H and O–H groups in total. The van der Waals surface area contributed by atoms with Crippen LogP contribution in [0.5, 0.6) is 0 Å². The number of carbonyl (C=O) groups excluding carboxylic acids is 1. The van der Waals surface area contributed by atoms with E-state index >= 15 is 0 Å². The average Bonchev–Trinajstić information content (AvgIpc) is 3.69. The van der Waals surface area contributed by atoms with Crippen LogP contribution >= 0.6 is 11.3 Å². The molecule has 0 aliphatic rings.